The smallest absolute Gasteiger partial charge is 0.335 e. The molecule has 33 heavy (non-hydrogen) atoms. The first-order chi connectivity index (χ1) is 15.5. The highest BCUT2D eigenvalue weighted by Gasteiger charge is 2.38. The van der Waals surface area contributed by atoms with E-state index in [9.17, 15) is 14.3 Å². The van der Waals surface area contributed by atoms with Crippen LogP contribution in [-0.2, 0) is 17.3 Å². The van der Waals surface area contributed by atoms with Crippen LogP contribution < -0.4 is 0 Å². The summed E-state index contributed by atoms with van der Waals surface area (Å²) in [7, 11) is 0. The number of halogens is 1. The molecule has 0 spiro atoms. The number of aryl methyl sites for hydroxylation is 1. The summed E-state index contributed by atoms with van der Waals surface area (Å²) in [5.41, 5.74) is 7.99. The highest BCUT2D eigenvalue weighted by molar-refractivity contribution is 5.87. The number of rotatable bonds is 5. The van der Waals surface area contributed by atoms with Crippen LogP contribution in [0.2, 0.25) is 0 Å². The minimum absolute atomic E-state index is 0.0458. The van der Waals surface area contributed by atoms with Gasteiger partial charge >= 0.3 is 5.97 Å². The van der Waals surface area contributed by atoms with Gasteiger partial charge in [-0.25, -0.2) is 9.18 Å². The Morgan fingerprint density at radius 3 is 2.00 bits per heavy atom. The van der Waals surface area contributed by atoms with Crippen LogP contribution in [0, 0.1) is 12.7 Å². The van der Waals surface area contributed by atoms with Crippen LogP contribution in [0.25, 0.3) is 0 Å². The monoisotopic (exact) mass is 444 g/mol. The Morgan fingerprint density at radius 2 is 1.45 bits per heavy atom. The van der Waals surface area contributed by atoms with E-state index < -0.39 is 5.97 Å². The average molecular weight is 445 g/mol. The second-order valence-corrected chi connectivity index (χ2v) is 10.8. The van der Waals surface area contributed by atoms with Gasteiger partial charge in [0.25, 0.3) is 0 Å². The van der Waals surface area contributed by atoms with Crippen LogP contribution in [-0.4, -0.2) is 11.1 Å². The number of carbonyl (C=O) groups is 1. The Labute approximate surface area is 196 Å². The number of hydrogen-bond acceptors (Lipinski definition) is 1. The summed E-state index contributed by atoms with van der Waals surface area (Å²) < 4.78 is 13.5. The van der Waals surface area contributed by atoms with Gasteiger partial charge in [-0.15, -0.1) is 0 Å². The van der Waals surface area contributed by atoms with Crippen molar-refractivity contribution < 1.29 is 14.3 Å². The van der Waals surface area contributed by atoms with Crippen molar-refractivity contribution in [2.75, 3.05) is 0 Å². The van der Waals surface area contributed by atoms with Crippen LogP contribution in [0.5, 0.6) is 0 Å². The summed E-state index contributed by atoms with van der Waals surface area (Å²) in [6.45, 7) is 11.5. The molecule has 1 aliphatic rings. The second-order valence-electron chi connectivity index (χ2n) is 10.8. The van der Waals surface area contributed by atoms with Crippen molar-refractivity contribution >= 4 is 5.97 Å². The van der Waals surface area contributed by atoms with E-state index in [1.54, 1.807) is 12.1 Å². The fourth-order valence-corrected chi connectivity index (χ4v) is 5.24. The molecule has 0 saturated heterocycles. The first-order valence-electron chi connectivity index (χ1n) is 11.7. The molecule has 0 fully saturated rings. The second kappa shape index (κ2) is 8.44. The number of benzene rings is 3. The standard InChI is InChI=1S/C30H33FO2/c1-19-16-26-27(30(4,5)15-14-29(26,2)3)18-24(19)25(17-20-6-12-23(31)13-7-20)21-8-10-22(11-9-21)28(32)33/h6-13,16,18,25H,14-15,17H2,1-5H3,(H,32,33). The maximum Gasteiger partial charge on any atom is 0.335 e. The van der Waals surface area contributed by atoms with Gasteiger partial charge in [-0.1, -0.05) is 64.1 Å². The molecule has 3 aromatic rings. The van der Waals surface area contributed by atoms with Crippen LogP contribution >= 0.6 is 0 Å². The van der Waals surface area contributed by atoms with Crippen molar-refractivity contribution in [3.8, 4) is 0 Å². The molecule has 1 atom stereocenters. The lowest BCUT2D eigenvalue weighted by atomic mass is 9.62. The third-order valence-electron chi connectivity index (χ3n) is 7.53. The van der Waals surface area contributed by atoms with Gasteiger partial charge < -0.3 is 5.11 Å². The van der Waals surface area contributed by atoms with E-state index in [2.05, 4.69) is 46.8 Å². The normalized spacial score (nSPS) is 17.3. The molecule has 172 valence electrons. The van der Waals surface area contributed by atoms with E-state index in [-0.39, 0.29) is 28.1 Å². The quantitative estimate of drug-likeness (QED) is 0.441. The SMILES string of the molecule is Cc1cc2c(cc1C(Cc1ccc(F)cc1)c1ccc(C(=O)O)cc1)C(C)(C)CCC2(C)C. The van der Waals surface area contributed by atoms with Crippen molar-refractivity contribution in [2.45, 2.75) is 70.6 Å². The molecule has 4 rings (SSSR count). The van der Waals surface area contributed by atoms with E-state index in [1.807, 2.05) is 24.3 Å². The summed E-state index contributed by atoms with van der Waals surface area (Å²) in [6.07, 6.45) is 3.03. The summed E-state index contributed by atoms with van der Waals surface area (Å²) in [5, 5.41) is 9.34. The Hall–Kier alpha value is -2.94. The molecule has 1 aliphatic carbocycles. The molecule has 0 aromatic heterocycles. The molecule has 0 radical (unpaired) electrons. The lowest BCUT2D eigenvalue weighted by Crippen LogP contribution is -2.34. The van der Waals surface area contributed by atoms with E-state index in [4.69, 9.17) is 0 Å². The Kier molecular flexibility index (Phi) is 5.94. The maximum absolute atomic E-state index is 13.5. The molecule has 0 saturated carbocycles. The number of hydrogen-bond donors (Lipinski definition) is 1. The molecule has 0 aliphatic heterocycles. The van der Waals surface area contributed by atoms with Crippen LogP contribution in [0.3, 0.4) is 0 Å². The average Bonchev–Trinajstić information content (AvgIpc) is 2.77. The lowest BCUT2D eigenvalue weighted by Gasteiger charge is -2.43. The molecule has 2 nitrogen and oxygen atoms in total. The minimum atomic E-state index is -0.925. The van der Waals surface area contributed by atoms with Gasteiger partial charge in [0.2, 0.25) is 0 Å². The summed E-state index contributed by atoms with van der Waals surface area (Å²) in [5.74, 6) is -1.12. The fraction of sp³-hybridized carbons (Fsp3) is 0.367. The highest BCUT2D eigenvalue weighted by atomic mass is 19.1. The minimum Gasteiger partial charge on any atom is -0.478 e. The van der Waals surface area contributed by atoms with Crippen molar-refractivity contribution in [1.29, 1.82) is 0 Å². The number of carboxylic acids is 1. The van der Waals surface area contributed by atoms with Crippen molar-refractivity contribution in [3.63, 3.8) is 0 Å². The third kappa shape index (κ3) is 4.59. The molecule has 1 N–H and O–H groups in total. The van der Waals surface area contributed by atoms with E-state index in [0.717, 1.165) is 24.0 Å². The van der Waals surface area contributed by atoms with Gasteiger partial charge in [-0.05, 0) is 94.7 Å². The number of fused-ring (bicyclic) bond motifs is 1. The number of carboxylic acid groups (broad SMARTS) is 1. The zero-order chi connectivity index (χ0) is 24.0. The Balaban J connectivity index is 1.86. The van der Waals surface area contributed by atoms with Gasteiger partial charge in [0.1, 0.15) is 5.82 Å². The summed E-state index contributed by atoms with van der Waals surface area (Å²) in [6, 6.07) is 18.7. The van der Waals surface area contributed by atoms with Gasteiger partial charge in [-0.2, -0.15) is 0 Å². The Morgan fingerprint density at radius 1 is 0.909 bits per heavy atom. The van der Waals surface area contributed by atoms with Crippen LogP contribution in [0.1, 0.15) is 90.2 Å². The van der Waals surface area contributed by atoms with Crippen molar-refractivity contribution in [1.82, 2.24) is 0 Å². The molecular formula is C30H33FO2. The molecule has 1 unspecified atom stereocenters. The predicted octanol–water partition coefficient (Wildman–Crippen LogP) is 7.56. The third-order valence-corrected chi connectivity index (χ3v) is 7.53. The van der Waals surface area contributed by atoms with Gasteiger partial charge in [-0.3, -0.25) is 0 Å². The lowest BCUT2D eigenvalue weighted by molar-refractivity contribution is 0.0697. The van der Waals surface area contributed by atoms with E-state index >= 15 is 0 Å². The van der Waals surface area contributed by atoms with Gasteiger partial charge in [0.15, 0.2) is 0 Å². The van der Waals surface area contributed by atoms with Gasteiger partial charge in [0.05, 0.1) is 5.56 Å². The van der Waals surface area contributed by atoms with Crippen LogP contribution in [0.15, 0.2) is 60.7 Å². The van der Waals surface area contributed by atoms with Crippen molar-refractivity contribution in [2.24, 2.45) is 0 Å². The molecule has 0 amide bonds. The molecule has 3 heteroatoms. The summed E-state index contributed by atoms with van der Waals surface area (Å²) >= 11 is 0. The zero-order valence-electron chi connectivity index (χ0n) is 20.2. The molecule has 3 aromatic carbocycles. The highest BCUT2D eigenvalue weighted by Crippen LogP contribution is 2.47. The van der Waals surface area contributed by atoms with Crippen molar-refractivity contribution in [3.05, 3.63) is 105 Å². The van der Waals surface area contributed by atoms with Gasteiger partial charge in [0, 0.05) is 5.92 Å². The molecule has 0 heterocycles. The molecule has 0 bridgehead atoms. The van der Waals surface area contributed by atoms with E-state index in [1.165, 1.54) is 40.8 Å². The van der Waals surface area contributed by atoms with Crippen LogP contribution in [0.4, 0.5) is 4.39 Å². The predicted molar refractivity (Wildman–Crippen MR) is 132 cm³/mol. The molecular weight excluding hydrogens is 411 g/mol. The fourth-order valence-electron chi connectivity index (χ4n) is 5.24. The zero-order valence-corrected chi connectivity index (χ0v) is 20.2. The maximum atomic E-state index is 13.5. The number of aromatic carboxylic acids is 1. The first kappa shape index (κ1) is 23.2. The topological polar surface area (TPSA) is 37.3 Å². The first-order valence-corrected chi connectivity index (χ1v) is 11.7. The largest absolute Gasteiger partial charge is 0.478 e. The Bertz CT molecular complexity index is 1170. The van der Waals surface area contributed by atoms with E-state index in [0.29, 0.717) is 0 Å². The summed E-state index contributed by atoms with van der Waals surface area (Å²) in [4.78, 5) is 11.4.